The average Bonchev–Trinajstić information content (AvgIpc) is 3.34. The van der Waals surface area contributed by atoms with Crippen LogP contribution < -0.4 is 15.6 Å². The molecule has 1 aliphatic rings. The van der Waals surface area contributed by atoms with Gasteiger partial charge in [0.15, 0.2) is 5.82 Å². The molecule has 0 atom stereocenters. The van der Waals surface area contributed by atoms with E-state index >= 15 is 0 Å². The third kappa shape index (κ3) is 3.07. The molecule has 110 valence electrons. The zero-order valence-electron chi connectivity index (χ0n) is 12.1. The van der Waals surface area contributed by atoms with Crippen LogP contribution in [0.5, 0.6) is 5.75 Å². The fraction of sp³-hybridized carbons (Fsp3) is 0.375. The standard InChI is InChI=1S/C16H19N3O2/c1-21-14-5-3-2-4-12(14)8-9-17-15-16(20)19(11-10-18-15)13-6-7-13/h2-5,10-11,13H,6-9H2,1H3,(H,17,18). The molecule has 1 N–H and O–H groups in total. The van der Waals surface area contributed by atoms with Gasteiger partial charge in [-0.15, -0.1) is 0 Å². The molecule has 3 rings (SSSR count). The predicted octanol–water partition coefficient (Wildman–Crippen LogP) is 2.24. The van der Waals surface area contributed by atoms with Crippen LogP contribution in [-0.2, 0) is 6.42 Å². The second-order valence-electron chi connectivity index (χ2n) is 5.21. The van der Waals surface area contributed by atoms with E-state index in [0.29, 0.717) is 18.4 Å². The summed E-state index contributed by atoms with van der Waals surface area (Å²) < 4.78 is 7.10. The summed E-state index contributed by atoms with van der Waals surface area (Å²) >= 11 is 0. The van der Waals surface area contributed by atoms with Gasteiger partial charge in [-0.25, -0.2) is 4.98 Å². The quantitative estimate of drug-likeness (QED) is 0.884. The molecule has 0 unspecified atom stereocenters. The van der Waals surface area contributed by atoms with Crippen LogP contribution in [0.1, 0.15) is 24.4 Å². The second kappa shape index (κ2) is 5.99. The number of hydrogen-bond acceptors (Lipinski definition) is 4. The molecular formula is C16H19N3O2. The van der Waals surface area contributed by atoms with Crippen molar-refractivity contribution in [3.63, 3.8) is 0 Å². The zero-order valence-corrected chi connectivity index (χ0v) is 12.1. The van der Waals surface area contributed by atoms with Crippen molar-refractivity contribution in [1.82, 2.24) is 9.55 Å². The number of benzene rings is 1. The van der Waals surface area contributed by atoms with Gasteiger partial charge in [-0.2, -0.15) is 0 Å². The number of rotatable bonds is 6. The van der Waals surface area contributed by atoms with Gasteiger partial charge in [0.1, 0.15) is 5.75 Å². The normalized spacial score (nSPS) is 14.0. The van der Waals surface area contributed by atoms with Crippen molar-refractivity contribution in [2.24, 2.45) is 0 Å². The lowest BCUT2D eigenvalue weighted by Gasteiger charge is -2.10. The molecule has 1 aliphatic carbocycles. The first-order valence-electron chi connectivity index (χ1n) is 7.22. The molecule has 1 aromatic carbocycles. The van der Waals surface area contributed by atoms with Crippen molar-refractivity contribution in [1.29, 1.82) is 0 Å². The summed E-state index contributed by atoms with van der Waals surface area (Å²) in [5.41, 5.74) is 1.09. The third-order valence-corrected chi connectivity index (χ3v) is 3.69. The van der Waals surface area contributed by atoms with Crippen molar-refractivity contribution >= 4 is 5.82 Å². The number of methoxy groups -OCH3 is 1. The first-order valence-corrected chi connectivity index (χ1v) is 7.22. The van der Waals surface area contributed by atoms with Crippen LogP contribution in [0.3, 0.4) is 0 Å². The molecule has 0 amide bonds. The van der Waals surface area contributed by atoms with Gasteiger partial charge < -0.3 is 14.6 Å². The molecule has 0 radical (unpaired) electrons. The Morgan fingerprint density at radius 2 is 2.19 bits per heavy atom. The fourth-order valence-electron chi connectivity index (χ4n) is 2.41. The summed E-state index contributed by atoms with van der Waals surface area (Å²) in [5.74, 6) is 1.30. The van der Waals surface area contributed by atoms with Crippen LogP contribution in [0.15, 0.2) is 41.5 Å². The molecule has 0 saturated heterocycles. The lowest BCUT2D eigenvalue weighted by molar-refractivity contribution is 0.410. The fourth-order valence-corrected chi connectivity index (χ4v) is 2.41. The molecule has 5 nitrogen and oxygen atoms in total. The number of hydrogen-bond donors (Lipinski definition) is 1. The van der Waals surface area contributed by atoms with Crippen LogP contribution in [0.2, 0.25) is 0 Å². The monoisotopic (exact) mass is 285 g/mol. The van der Waals surface area contributed by atoms with Gasteiger partial charge >= 0.3 is 0 Å². The zero-order chi connectivity index (χ0) is 14.7. The Bertz CT molecular complexity index is 677. The maximum atomic E-state index is 12.2. The Balaban J connectivity index is 1.65. The highest BCUT2D eigenvalue weighted by Gasteiger charge is 2.25. The molecule has 1 fully saturated rings. The van der Waals surface area contributed by atoms with Gasteiger partial charge in [0.2, 0.25) is 0 Å². The van der Waals surface area contributed by atoms with E-state index in [4.69, 9.17) is 4.74 Å². The maximum Gasteiger partial charge on any atom is 0.293 e. The number of para-hydroxylation sites is 1. The van der Waals surface area contributed by atoms with Crippen LogP contribution in [-0.4, -0.2) is 23.2 Å². The Hall–Kier alpha value is -2.30. The summed E-state index contributed by atoms with van der Waals surface area (Å²) in [6.07, 6.45) is 6.41. The van der Waals surface area contributed by atoms with Gasteiger partial charge in [0.25, 0.3) is 5.56 Å². The predicted molar refractivity (Wildman–Crippen MR) is 82.0 cm³/mol. The van der Waals surface area contributed by atoms with E-state index in [-0.39, 0.29) is 5.56 Å². The maximum absolute atomic E-state index is 12.2. The number of nitrogens with one attached hydrogen (secondary N) is 1. The van der Waals surface area contributed by atoms with Crippen molar-refractivity contribution in [3.8, 4) is 5.75 Å². The van der Waals surface area contributed by atoms with Crippen LogP contribution in [0.25, 0.3) is 0 Å². The molecule has 21 heavy (non-hydrogen) atoms. The number of anilines is 1. The van der Waals surface area contributed by atoms with Crippen molar-refractivity contribution in [3.05, 3.63) is 52.6 Å². The Labute approximate surface area is 123 Å². The number of ether oxygens (including phenoxy) is 1. The molecule has 0 aliphatic heterocycles. The molecule has 0 spiro atoms. The molecule has 5 heteroatoms. The lowest BCUT2D eigenvalue weighted by Crippen LogP contribution is -2.24. The van der Waals surface area contributed by atoms with Gasteiger partial charge in [-0.05, 0) is 30.9 Å². The second-order valence-corrected chi connectivity index (χ2v) is 5.21. The summed E-state index contributed by atoms with van der Waals surface area (Å²) in [5, 5.41) is 3.14. The highest BCUT2D eigenvalue weighted by Crippen LogP contribution is 2.33. The Morgan fingerprint density at radius 1 is 1.38 bits per heavy atom. The van der Waals surface area contributed by atoms with E-state index in [1.807, 2.05) is 24.3 Å². The number of nitrogens with zero attached hydrogens (tertiary/aromatic N) is 2. The molecule has 0 bridgehead atoms. The van der Waals surface area contributed by atoms with Crippen molar-refractivity contribution in [2.75, 3.05) is 19.0 Å². The Kier molecular flexibility index (Phi) is 3.90. The van der Waals surface area contributed by atoms with Crippen molar-refractivity contribution < 1.29 is 4.74 Å². The van der Waals surface area contributed by atoms with E-state index in [2.05, 4.69) is 10.3 Å². The first kappa shape index (κ1) is 13.7. The van der Waals surface area contributed by atoms with Gasteiger partial charge in [-0.1, -0.05) is 18.2 Å². The summed E-state index contributed by atoms with van der Waals surface area (Å²) in [4.78, 5) is 16.4. The number of aromatic nitrogens is 2. The van der Waals surface area contributed by atoms with E-state index in [1.54, 1.807) is 24.1 Å². The molecule has 2 aromatic rings. The third-order valence-electron chi connectivity index (χ3n) is 3.69. The minimum absolute atomic E-state index is 0.0278. The minimum atomic E-state index is -0.0278. The topological polar surface area (TPSA) is 56.1 Å². The lowest BCUT2D eigenvalue weighted by atomic mass is 10.1. The van der Waals surface area contributed by atoms with Crippen LogP contribution >= 0.6 is 0 Å². The van der Waals surface area contributed by atoms with Gasteiger partial charge in [0, 0.05) is 25.0 Å². The molecule has 1 saturated carbocycles. The summed E-state index contributed by atoms with van der Waals surface area (Å²) in [6, 6.07) is 8.27. The Morgan fingerprint density at radius 3 is 2.95 bits per heavy atom. The summed E-state index contributed by atoms with van der Waals surface area (Å²) in [7, 11) is 1.67. The van der Waals surface area contributed by atoms with E-state index < -0.39 is 0 Å². The van der Waals surface area contributed by atoms with Gasteiger partial charge in [0.05, 0.1) is 7.11 Å². The largest absolute Gasteiger partial charge is 0.496 e. The highest BCUT2D eigenvalue weighted by atomic mass is 16.5. The SMILES string of the molecule is COc1ccccc1CCNc1nccn(C2CC2)c1=O. The smallest absolute Gasteiger partial charge is 0.293 e. The van der Waals surface area contributed by atoms with E-state index in [0.717, 1.165) is 30.6 Å². The molecular weight excluding hydrogens is 266 g/mol. The molecule has 1 aromatic heterocycles. The van der Waals surface area contributed by atoms with Gasteiger partial charge in [-0.3, -0.25) is 4.79 Å². The minimum Gasteiger partial charge on any atom is -0.496 e. The summed E-state index contributed by atoms with van der Waals surface area (Å²) in [6.45, 7) is 0.650. The van der Waals surface area contributed by atoms with Crippen molar-refractivity contribution in [2.45, 2.75) is 25.3 Å². The van der Waals surface area contributed by atoms with E-state index in [9.17, 15) is 4.79 Å². The molecule has 1 heterocycles. The first-order chi connectivity index (χ1) is 10.3. The highest BCUT2D eigenvalue weighted by molar-refractivity contribution is 5.36. The van der Waals surface area contributed by atoms with E-state index in [1.165, 1.54) is 0 Å². The van der Waals surface area contributed by atoms with Crippen LogP contribution in [0.4, 0.5) is 5.82 Å². The average molecular weight is 285 g/mol. The van der Waals surface area contributed by atoms with Crippen LogP contribution in [0, 0.1) is 0 Å².